The first kappa shape index (κ1) is 19.8. The Bertz CT molecular complexity index is 490. The van der Waals surface area contributed by atoms with Crippen LogP contribution in [-0.2, 0) is 4.79 Å². The normalized spacial score (nSPS) is 21.0. The smallest absolute Gasteiger partial charge is 0.260 e. The van der Waals surface area contributed by atoms with Crippen molar-refractivity contribution in [3.05, 3.63) is 29.8 Å². The summed E-state index contributed by atoms with van der Waals surface area (Å²) >= 11 is 0. The molecule has 2 N–H and O–H groups in total. The van der Waals surface area contributed by atoms with Gasteiger partial charge in [-0.25, -0.2) is 0 Å². The predicted molar refractivity (Wildman–Crippen MR) is 96.2 cm³/mol. The fourth-order valence-electron chi connectivity index (χ4n) is 2.98. The van der Waals surface area contributed by atoms with E-state index < -0.39 is 0 Å². The van der Waals surface area contributed by atoms with Crippen LogP contribution in [0.4, 0.5) is 0 Å². The van der Waals surface area contributed by atoms with Crippen LogP contribution in [0.1, 0.15) is 45.1 Å². The van der Waals surface area contributed by atoms with Crippen molar-refractivity contribution in [2.45, 2.75) is 45.6 Å². The van der Waals surface area contributed by atoms with Crippen LogP contribution in [0, 0.1) is 5.92 Å². The summed E-state index contributed by atoms with van der Waals surface area (Å²) in [6.07, 6.45) is 2.04. The van der Waals surface area contributed by atoms with Gasteiger partial charge in [0.05, 0.1) is 0 Å². The van der Waals surface area contributed by atoms with E-state index in [-0.39, 0.29) is 31.0 Å². The Morgan fingerprint density at radius 3 is 2.57 bits per heavy atom. The number of carbonyl (C=O) groups is 1. The Morgan fingerprint density at radius 1 is 1.35 bits per heavy atom. The van der Waals surface area contributed by atoms with Gasteiger partial charge in [-0.15, -0.1) is 12.4 Å². The topological polar surface area (TPSA) is 55.6 Å². The maximum absolute atomic E-state index is 12.4. The third-order valence-corrected chi connectivity index (χ3v) is 4.48. The van der Waals surface area contributed by atoms with Crippen LogP contribution < -0.4 is 10.5 Å². The summed E-state index contributed by atoms with van der Waals surface area (Å²) in [5.74, 6) is 1.92. The van der Waals surface area contributed by atoms with Crippen LogP contribution in [0.2, 0.25) is 0 Å². The van der Waals surface area contributed by atoms with E-state index in [2.05, 4.69) is 32.9 Å². The minimum Gasteiger partial charge on any atom is -0.484 e. The Labute approximate surface area is 145 Å². The first-order valence-electron chi connectivity index (χ1n) is 8.23. The highest BCUT2D eigenvalue weighted by atomic mass is 35.5. The van der Waals surface area contributed by atoms with E-state index in [1.807, 2.05) is 17.0 Å². The molecule has 0 saturated carbocycles. The molecular weight excluding hydrogens is 312 g/mol. The number of piperidine rings is 1. The fourth-order valence-corrected chi connectivity index (χ4v) is 2.98. The number of carbonyl (C=O) groups excluding carboxylic acids is 1. The predicted octanol–water partition coefficient (Wildman–Crippen LogP) is 3.20. The van der Waals surface area contributed by atoms with Gasteiger partial charge < -0.3 is 15.4 Å². The van der Waals surface area contributed by atoms with Gasteiger partial charge in [-0.2, -0.15) is 0 Å². The molecule has 2 rings (SSSR count). The average molecular weight is 341 g/mol. The second-order valence-electron chi connectivity index (χ2n) is 6.62. The molecule has 1 fully saturated rings. The Balaban J connectivity index is 0.00000264. The van der Waals surface area contributed by atoms with Gasteiger partial charge in [0, 0.05) is 19.1 Å². The molecule has 0 bridgehead atoms. The van der Waals surface area contributed by atoms with Gasteiger partial charge in [-0.05, 0) is 42.4 Å². The second-order valence-corrected chi connectivity index (χ2v) is 6.62. The van der Waals surface area contributed by atoms with Gasteiger partial charge >= 0.3 is 0 Å². The van der Waals surface area contributed by atoms with Crippen molar-refractivity contribution in [3.8, 4) is 5.75 Å². The molecule has 4 nitrogen and oxygen atoms in total. The van der Waals surface area contributed by atoms with Crippen LogP contribution in [-0.4, -0.2) is 36.5 Å². The van der Waals surface area contributed by atoms with Crippen LogP contribution in [0.25, 0.3) is 0 Å². The Kier molecular flexibility index (Phi) is 7.86. The van der Waals surface area contributed by atoms with Gasteiger partial charge in [-0.3, -0.25) is 4.79 Å². The highest BCUT2D eigenvalue weighted by Crippen LogP contribution is 2.22. The molecule has 1 amide bonds. The lowest BCUT2D eigenvalue weighted by Crippen LogP contribution is -2.50. The lowest BCUT2D eigenvalue weighted by Gasteiger charge is -2.37. The quantitative estimate of drug-likeness (QED) is 0.895. The zero-order valence-electron chi connectivity index (χ0n) is 14.3. The van der Waals surface area contributed by atoms with Crippen LogP contribution >= 0.6 is 12.4 Å². The third kappa shape index (κ3) is 5.40. The molecule has 5 heteroatoms. The fraction of sp³-hybridized carbons (Fsp3) is 0.611. The van der Waals surface area contributed by atoms with E-state index in [1.165, 1.54) is 5.56 Å². The molecule has 2 atom stereocenters. The highest BCUT2D eigenvalue weighted by Gasteiger charge is 2.28. The minimum absolute atomic E-state index is 0. The number of benzene rings is 1. The van der Waals surface area contributed by atoms with Crippen molar-refractivity contribution >= 4 is 18.3 Å². The number of hydrogen-bond donors (Lipinski definition) is 1. The molecule has 23 heavy (non-hydrogen) atoms. The molecule has 1 aromatic rings. The summed E-state index contributed by atoms with van der Waals surface area (Å²) in [6.45, 7) is 7.94. The summed E-state index contributed by atoms with van der Waals surface area (Å²) in [7, 11) is 0. The van der Waals surface area contributed by atoms with Crippen molar-refractivity contribution in [2.75, 3.05) is 19.7 Å². The van der Waals surface area contributed by atoms with E-state index in [9.17, 15) is 4.79 Å². The molecule has 1 aliphatic rings. The zero-order chi connectivity index (χ0) is 16.1. The molecule has 0 spiro atoms. The van der Waals surface area contributed by atoms with Gasteiger partial charge in [0.25, 0.3) is 5.91 Å². The van der Waals surface area contributed by atoms with Crippen molar-refractivity contribution < 1.29 is 9.53 Å². The number of halogens is 1. The largest absolute Gasteiger partial charge is 0.484 e. The molecule has 1 aliphatic heterocycles. The third-order valence-electron chi connectivity index (χ3n) is 4.48. The van der Waals surface area contributed by atoms with Crippen LogP contribution in [0.3, 0.4) is 0 Å². The molecule has 1 aromatic carbocycles. The van der Waals surface area contributed by atoms with Crippen molar-refractivity contribution in [1.82, 2.24) is 4.90 Å². The van der Waals surface area contributed by atoms with Crippen LogP contribution in [0.15, 0.2) is 24.3 Å². The van der Waals surface area contributed by atoms with Gasteiger partial charge in [-0.1, -0.05) is 32.9 Å². The molecule has 1 saturated heterocycles. The van der Waals surface area contributed by atoms with Gasteiger partial charge in [0.1, 0.15) is 5.75 Å². The number of hydrogen-bond acceptors (Lipinski definition) is 3. The maximum atomic E-state index is 12.4. The van der Waals surface area contributed by atoms with Crippen molar-refractivity contribution in [2.24, 2.45) is 11.7 Å². The van der Waals surface area contributed by atoms with E-state index >= 15 is 0 Å². The molecule has 130 valence electrons. The zero-order valence-corrected chi connectivity index (χ0v) is 15.1. The first-order valence-corrected chi connectivity index (χ1v) is 8.23. The monoisotopic (exact) mass is 340 g/mol. The SMILES string of the molecule is CC1CCN(C(=O)COc2ccc(C(C)C)cc2)C(CN)C1.Cl. The maximum Gasteiger partial charge on any atom is 0.260 e. The van der Waals surface area contributed by atoms with E-state index in [0.29, 0.717) is 18.4 Å². The van der Waals surface area contributed by atoms with E-state index in [4.69, 9.17) is 10.5 Å². The van der Waals surface area contributed by atoms with Crippen molar-refractivity contribution in [3.63, 3.8) is 0 Å². The summed E-state index contributed by atoms with van der Waals surface area (Å²) in [5, 5.41) is 0. The molecule has 0 radical (unpaired) electrons. The minimum atomic E-state index is 0. The van der Waals surface area contributed by atoms with Gasteiger partial charge in [0.15, 0.2) is 6.61 Å². The first-order chi connectivity index (χ1) is 10.5. The average Bonchev–Trinajstić information content (AvgIpc) is 2.52. The molecule has 1 heterocycles. The number of nitrogens with two attached hydrogens (primary N) is 1. The summed E-state index contributed by atoms with van der Waals surface area (Å²) in [5.41, 5.74) is 7.08. The lowest BCUT2D eigenvalue weighted by atomic mass is 9.92. The van der Waals surface area contributed by atoms with E-state index in [0.717, 1.165) is 25.1 Å². The number of nitrogens with zero attached hydrogens (tertiary/aromatic N) is 1. The summed E-state index contributed by atoms with van der Waals surface area (Å²) in [6, 6.07) is 8.12. The lowest BCUT2D eigenvalue weighted by molar-refractivity contribution is -0.137. The molecule has 0 aliphatic carbocycles. The second kappa shape index (κ2) is 9.14. The van der Waals surface area contributed by atoms with E-state index in [1.54, 1.807) is 0 Å². The summed E-state index contributed by atoms with van der Waals surface area (Å²) < 4.78 is 5.64. The standard InChI is InChI=1S/C18H28N2O2.ClH/c1-13(2)15-4-6-17(7-5-15)22-12-18(21)20-9-8-14(3)10-16(20)11-19;/h4-7,13-14,16H,8-12,19H2,1-3H3;1H. The van der Waals surface area contributed by atoms with Crippen LogP contribution in [0.5, 0.6) is 5.75 Å². The Morgan fingerprint density at radius 2 is 2.00 bits per heavy atom. The van der Waals surface area contributed by atoms with Gasteiger partial charge in [0.2, 0.25) is 0 Å². The molecule has 0 aromatic heterocycles. The number of amides is 1. The molecular formula is C18H29ClN2O2. The molecule has 2 unspecified atom stereocenters. The summed E-state index contributed by atoms with van der Waals surface area (Å²) in [4.78, 5) is 14.3. The number of ether oxygens (including phenoxy) is 1. The highest BCUT2D eigenvalue weighted by molar-refractivity contribution is 5.85. The number of likely N-dealkylation sites (tertiary alicyclic amines) is 1. The Hall–Kier alpha value is -1.26. The number of rotatable bonds is 5. The van der Waals surface area contributed by atoms with Crippen molar-refractivity contribution in [1.29, 1.82) is 0 Å².